The molecule has 1 aliphatic carbocycles. The molecule has 7 nitrogen and oxygen atoms in total. The van der Waals surface area contributed by atoms with Crippen LogP contribution in [0.4, 0.5) is 5.95 Å². The Labute approximate surface area is 120 Å². The molecule has 104 valence electrons. The van der Waals surface area contributed by atoms with Crippen molar-refractivity contribution < 1.29 is 4.79 Å². The molecule has 1 aromatic carbocycles. The lowest BCUT2D eigenvalue weighted by atomic mass is 10.3. The molecule has 2 aromatic heterocycles. The van der Waals surface area contributed by atoms with Crippen molar-refractivity contribution in [1.82, 2.24) is 25.0 Å². The molecule has 1 fully saturated rings. The van der Waals surface area contributed by atoms with Gasteiger partial charge in [-0.25, -0.2) is 4.98 Å². The first-order valence-corrected chi connectivity index (χ1v) is 6.71. The predicted molar refractivity (Wildman–Crippen MR) is 76.0 cm³/mol. The van der Waals surface area contributed by atoms with Crippen LogP contribution in [0.25, 0.3) is 16.9 Å². The summed E-state index contributed by atoms with van der Waals surface area (Å²) in [7, 11) is 0. The molecule has 0 radical (unpaired) electrons. The number of fused-ring (bicyclic) bond motifs is 1. The third-order valence-electron chi connectivity index (χ3n) is 3.54. The van der Waals surface area contributed by atoms with Crippen LogP contribution in [0, 0.1) is 5.92 Å². The largest absolute Gasteiger partial charge is 0.351 e. The third kappa shape index (κ3) is 2.12. The summed E-state index contributed by atoms with van der Waals surface area (Å²) >= 11 is 0. The van der Waals surface area contributed by atoms with Crippen LogP contribution in [0.5, 0.6) is 0 Å². The van der Waals surface area contributed by atoms with Crippen molar-refractivity contribution >= 4 is 23.3 Å². The lowest BCUT2D eigenvalue weighted by molar-refractivity contribution is -0.108. The average Bonchev–Trinajstić information content (AvgIpc) is 3.13. The van der Waals surface area contributed by atoms with Crippen molar-refractivity contribution in [1.29, 1.82) is 0 Å². The molecule has 0 amide bonds. The van der Waals surface area contributed by atoms with E-state index in [2.05, 4.69) is 25.6 Å². The van der Waals surface area contributed by atoms with Crippen molar-refractivity contribution in [2.24, 2.45) is 5.92 Å². The Hall–Kier alpha value is -2.83. The van der Waals surface area contributed by atoms with Crippen LogP contribution >= 0.6 is 0 Å². The number of hydrogen-bond acceptors (Lipinski definition) is 6. The summed E-state index contributed by atoms with van der Waals surface area (Å²) < 4.78 is 1.67. The van der Waals surface area contributed by atoms with Crippen LogP contribution < -0.4 is 5.32 Å². The second kappa shape index (κ2) is 4.62. The molecule has 1 aliphatic rings. The molecule has 0 saturated heterocycles. The van der Waals surface area contributed by atoms with E-state index in [1.165, 1.54) is 0 Å². The van der Waals surface area contributed by atoms with Crippen molar-refractivity contribution in [2.45, 2.75) is 12.5 Å². The van der Waals surface area contributed by atoms with E-state index in [4.69, 9.17) is 0 Å². The van der Waals surface area contributed by atoms with Gasteiger partial charge in [-0.1, -0.05) is 17.3 Å². The van der Waals surface area contributed by atoms with Gasteiger partial charge in [0.2, 0.25) is 5.95 Å². The Morgan fingerprint density at radius 1 is 1.29 bits per heavy atom. The standard InChI is InChI=1S/C14H12N6O/c21-8-9-7-11(9)16-14-15-6-5-13(17-14)20-12-4-2-1-3-10(12)18-19-20/h1-6,8-9,11H,7H2,(H,15,16,17). The monoisotopic (exact) mass is 280 g/mol. The van der Waals surface area contributed by atoms with Gasteiger partial charge in [0.05, 0.1) is 5.52 Å². The normalized spacial score (nSPS) is 20.4. The molecule has 7 heteroatoms. The summed E-state index contributed by atoms with van der Waals surface area (Å²) in [6, 6.07) is 9.61. The average molecular weight is 280 g/mol. The van der Waals surface area contributed by atoms with E-state index in [1.54, 1.807) is 16.9 Å². The highest BCUT2D eigenvalue weighted by Gasteiger charge is 2.37. The van der Waals surface area contributed by atoms with Crippen LogP contribution in [0.3, 0.4) is 0 Å². The molecule has 21 heavy (non-hydrogen) atoms. The summed E-state index contributed by atoms with van der Waals surface area (Å²) in [6.45, 7) is 0. The molecule has 2 heterocycles. The number of benzene rings is 1. The SMILES string of the molecule is O=CC1CC1Nc1nccc(-n2nnc3ccccc32)n1. The van der Waals surface area contributed by atoms with Crippen molar-refractivity contribution in [3.63, 3.8) is 0 Å². The van der Waals surface area contributed by atoms with Gasteiger partial charge >= 0.3 is 0 Å². The third-order valence-corrected chi connectivity index (χ3v) is 3.54. The number of carbonyl (C=O) groups excluding carboxylic acids is 1. The number of hydrogen-bond donors (Lipinski definition) is 1. The van der Waals surface area contributed by atoms with Gasteiger partial charge in [0.1, 0.15) is 11.8 Å². The highest BCUT2D eigenvalue weighted by molar-refractivity contribution is 5.75. The van der Waals surface area contributed by atoms with E-state index in [9.17, 15) is 4.79 Å². The molecule has 0 bridgehead atoms. The predicted octanol–water partition coefficient (Wildman–Crippen LogP) is 1.21. The number of aldehydes is 1. The summed E-state index contributed by atoms with van der Waals surface area (Å²) in [5, 5.41) is 11.4. The molecule has 1 N–H and O–H groups in total. The summed E-state index contributed by atoms with van der Waals surface area (Å²) in [5.41, 5.74) is 1.70. The van der Waals surface area contributed by atoms with E-state index in [-0.39, 0.29) is 12.0 Å². The van der Waals surface area contributed by atoms with Gasteiger partial charge in [0, 0.05) is 24.2 Å². The first kappa shape index (κ1) is 12.0. The van der Waals surface area contributed by atoms with Gasteiger partial charge < -0.3 is 10.1 Å². The van der Waals surface area contributed by atoms with Crippen LogP contribution in [-0.4, -0.2) is 37.3 Å². The van der Waals surface area contributed by atoms with Gasteiger partial charge in [-0.3, -0.25) is 0 Å². The second-order valence-electron chi connectivity index (χ2n) is 5.01. The maximum Gasteiger partial charge on any atom is 0.224 e. The summed E-state index contributed by atoms with van der Waals surface area (Å²) in [5.74, 6) is 1.22. The highest BCUT2D eigenvalue weighted by atomic mass is 16.1. The molecular formula is C14H12N6O. The van der Waals surface area contributed by atoms with E-state index >= 15 is 0 Å². The van der Waals surface area contributed by atoms with Crippen LogP contribution in [0.1, 0.15) is 6.42 Å². The summed E-state index contributed by atoms with van der Waals surface area (Å²) in [6.07, 6.45) is 3.47. The van der Waals surface area contributed by atoms with E-state index in [0.717, 1.165) is 23.7 Å². The quantitative estimate of drug-likeness (QED) is 0.723. The molecular weight excluding hydrogens is 268 g/mol. The first-order chi connectivity index (χ1) is 10.3. The van der Waals surface area contributed by atoms with Gasteiger partial charge in [-0.15, -0.1) is 5.10 Å². The number of nitrogens with zero attached hydrogens (tertiary/aromatic N) is 5. The van der Waals surface area contributed by atoms with Gasteiger partial charge in [-0.2, -0.15) is 9.67 Å². The van der Waals surface area contributed by atoms with E-state index in [0.29, 0.717) is 11.8 Å². The maximum absolute atomic E-state index is 10.7. The van der Waals surface area contributed by atoms with Crippen molar-refractivity contribution in [3.05, 3.63) is 36.5 Å². The maximum atomic E-state index is 10.7. The van der Waals surface area contributed by atoms with Gasteiger partial charge in [0.15, 0.2) is 5.82 Å². The minimum absolute atomic E-state index is 0.0736. The molecule has 2 unspecified atom stereocenters. The fraction of sp³-hybridized carbons (Fsp3) is 0.214. The minimum atomic E-state index is 0.0736. The molecule has 0 spiro atoms. The van der Waals surface area contributed by atoms with Crippen LogP contribution in [0.15, 0.2) is 36.5 Å². The van der Waals surface area contributed by atoms with Crippen LogP contribution in [-0.2, 0) is 4.79 Å². The Morgan fingerprint density at radius 2 is 2.19 bits per heavy atom. The molecule has 0 aliphatic heterocycles. The Kier molecular flexibility index (Phi) is 2.63. The molecule has 4 rings (SSSR count). The molecule has 2 atom stereocenters. The number of aromatic nitrogens is 5. The highest BCUT2D eigenvalue weighted by Crippen LogP contribution is 2.30. The fourth-order valence-electron chi connectivity index (χ4n) is 2.27. The first-order valence-electron chi connectivity index (χ1n) is 6.71. The molecule has 3 aromatic rings. The summed E-state index contributed by atoms with van der Waals surface area (Å²) in [4.78, 5) is 19.3. The van der Waals surface area contributed by atoms with Crippen molar-refractivity contribution in [3.8, 4) is 5.82 Å². The number of rotatable bonds is 4. The zero-order valence-electron chi connectivity index (χ0n) is 11.0. The Morgan fingerprint density at radius 3 is 3.05 bits per heavy atom. The van der Waals surface area contributed by atoms with E-state index < -0.39 is 0 Å². The van der Waals surface area contributed by atoms with Gasteiger partial charge in [0.25, 0.3) is 0 Å². The molecule has 1 saturated carbocycles. The lowest BCUT2D eigenvalue weighted by Gasteiger charge is -2.05. The number of carbonyl (C=O) groups is 1. The van der Waals surface area contributed by atoms with Crippen LogP contribution in [0.2, 0.25) is 0 Å². The Bertz CT molecular complexity index is 814. The zero-order chi connectivity index (χ0) is 14.2. The minimum Gasteiger partial charge on any atom is -0.351 e. The van der Waals surface area contributed by atoms with Gasteiger partial charge in [-0.05, 0) is 18.6 Å². The second-order valence-corrected chi connectivity index (χ2v) is 5.01. The lowest BCUT2D eigenvalue weighted by Crippen LogP contribution is -2.10. The number of para-hydroxylation sites is 1. The smallest absolute Gasteiger partial charge is 0.224 e. The van der Waals surface area contributed by atoms with E-state index in [1.807, 2.05) is 24.3 Å². The fourth-order valence-corrected chi connectivity index (χ4v) is 2.27. The van der Waals surface area contributed by atoms with Crippen molar-refractivity contribution in [2.75, 3.05) is 5.32 Å². The number of anilines is 1. The Balaban J connectivity index is 1.67. The number of nitrogens with one attached hydrogen (secondary N) is 1. The topological polar surface area (TPSA) is 85.6 Å². The zero-order valence-corrected chi connectivity index (χ0v) is 11.0.